The van der Waals surface area contributed by atoms with Crippen LogP contribution in [0.15, 0.2) is 12.4 Å². The van der Waals surface area contributed by atoms with Gasteiger partial charge in [-0.1, -0.05) is 41.5 Å². The molecule has 0 aliphatic rings. The molecule has 4 heteroatoms. The van der Waals surface area contributed by atoms with Gasteiger partial charge in [-0.3, -0.25) is 0 Å². The van der Waals surface area contributed by atoms with Crippen molar-refractivity contribution in [3.05, 3.63) is 18.2 Å². The zero-order valence-corrected chi connectivity index (χ0v) is 15.1. The third kappa shape index (κ3) is 5.79. The van der Waals surface area contributed by atoms with E-state index >= 15 is 0 Å². The SMILES string of the molecule is C[C@@H](NC[C@@H](NCc1nccn1C)C(C)(C)C)C(C)(C)C. The number of nitrogens with one attached hydrogen (secondary N) is 2. The molecule has 0 aromatic carbocycles. The van der Waals surface area contributed by atoms with Crippen LogP contribution in [0.3, 0.4) is 0 Å². The van der Waals surface area contributed by atoms with Gasteiger partial charge in [0.2, 0.25) is 0 Å². The highest BCUT2D eigenvalue weighted by Gasteiger charge is 2.27. The van der Waals surface area contributed by atoms with Crippen LogP contribution in [0.2, 0.25) is 0 Å². The smallest absolute Gasteiger partial charge is 0.122 e. The van der Waals surface area contributed by atoms with Crippen molar-refractivity contribution in [3.8, 4) is 0 Å². The monoisotopic (exact) mass is 294 g/mol. The number of aromatic nitrogens is 2. The van der Waals surface area contributed by atoms with Crippen molar-refractivity contribution in [2.45, 2.75) is 67.1 Å². The van der Waals surface area contributed by atoms with Crippen LogP contribution in [0.1, 0.15) is 54.3 Å². The van der Waals surface area contributed by atoms with Crippen molar-refractivity contribution in [2.24, 2.45) is 17.9 Å². The maximum Gasteiger partial charge on any atom is 0.122 e. The normalized spacial score (nSPS) is 16.0. The zero-order valence-electron chi connectivity index (χ0n) is 15.1. The Balaban J connectivity index is 2.59. The fraction of sp³-hybridized carbons (Fsp3) is 0.824. The number of aryl methyl sites for hydroxylation is 1. The first kappa shape index (κ1) is 18.2. The number of imidazole rings is 1. The largest absolute Gasteiger partial charge is 0.337 e. The molecule has 1 aromatic rings. The fourth-order valence-corrected chi connectivity index (χ4v) is 2.07. The van der Waals surface area contributed by atoms with Crippen LogP contribution in [-0.4, -0.2) is 28.2 Å². The maximum atomic E-state index is 4.38. The highest BCUT2D eigenvalue weighted by Crippen LogP contribution is 2.22. The summed E-state index contributed by atoms with van der Waals surface area (Å²) < 4.78 is 2.07. The molecule has 0 amide bonds. The van der Waals surface area contributed by atoms with Crippen LogP contribution in [0.5, 0.6) is 0 Å². The van der Waals surface area contributed by atoms with Gasteiger partial charge in [0.25, 0.3) is 0 Å². The molecule has 1 heterocycles. The summed E-state index contributed by atoms with van der Waals surface area (Å²) in [4.78, 5) is 4.38. The average molecular weight is 294 g/mol. The predicted molar refractivity (Wildman–Crippen MR) is 90.2 cm³/mol. The molecule has 0 unspecified atom stereocenters. The van der Waals surface area contributed by atoms with Gasteiger partial charge in [-0.25, -0.2) is 4.98 Å². The number of nitrogens with zero attached hydrogens (tertiary/aromatic N) is 2. The van der Waals surface area contributed by atoms with Gasteiger partial charge in [0, 0.05) is 38.1 Å². The molecule has 1 aromatic heterocycles. The van der Waals surface area contributed by atoms with E-state index in [-0.39, 0.29) is 10.8 Å². The Bertz CT molecular complexity index is 423. The quantitative estimate of drug-likeness (QED) is 0.847. The van der Waals surface area contributed by atoms with Crippen molar-refractivity contribution in [2.75, 3.05) is 6.54 Å². The van der Waals surface area contributed by atoms with E-state index in [2.05, 4.69) is 68.7 Å². The summed E-state index contributed by atoms with van der Waals surface area (Å²) in [5.41, 5.74) is 0.484. The summed E-state index contributed by atoms with van der Waals surface area (Å²) in [6.07, 6.45) is 3.84. The Morgan fingerprint density at radius 3 is 2.14 bits per heavy atom. The lowest BCUT2D eigenvalue weighted by Crippen LogP contribution is -2.51. The molecule has 2 atom stereocenters. The fourth-order valence-electron chi connectivity index (χ4n) is 2.07. The van der Waals surface area contributed by atoms with E-state index in [0.717, 1.165) is 18.9 Å². The summed E-state index contributed by atoms with van der Waals surface area (Å²) >= 11 is 0. The molecular weight excluding hydrogens is 260 g/mol. The minimum atomic E-state index is 0.204. The lowest BCUT2D eigenvalue weighted by atomic mass is 9.84. The molecule has 0 saturated heterocycles. The summed E-state index contributed by atoms with van der Waals surface area (Å²) in [7, 11) is 2.04. The van der Waals surface area contributed by atoms with E-state index in [1.54, 1.807) is 0 Å². The van der Waals surface area contributed by atoms with Gasteiger partial charge >= 0.3 is 0 Å². The molecule has 0 bridgehead atoms. The number of hydrogen-bond donors (Lipinski definition) is 2. The summed E-state index contributed by atoms with van der Waals surface area (Å²) in [6.45, 7) is 17.7. The van der Waals surface area contributed by atoms with Gasteiger partial charge in [0.1, 0.15) is 5.82 Å². The van der Waals surface area contributed by atoms with E-state index < -0.39 is 0 Å². The van der Waals surface area contributed by atoms with Crippen LogP contribution < -0.4 is 10.6 Å². The molecule has 0 saturated carbocycles. The molecular formula is C17H34N4. The summed E-state index contributed by atoms with van der Waals surface area (Å²) in [6, 6.07) is 0.885. The van der Waals surface area contributed by atoms with Crippen LogP contribution >= 0.6 is 0 Å². The second kappa shape index (κ2) is 6.93. The highest BCUT2D eigenvalue weighted by atomic mass is 15.1. The number of hydrogen-bond acceptors (Lipinski definition) is 3. The topological polar surface area (TPSA) is 41.9 Å². The standard InChI is InChI=1S/C17H34N4/c1-13(16(2,3)4)19-11-14(17(5,6)7)20-12-15-18-9-10-21(15)8/h9-10,13-14,19-20H,11-12H2,1-8H3/t13-,14-/m1/s1. The Labute approximate surface area is 130 Å². The second-order valence-corrected chi connectivity index (χ2v) is 8.25. The third-order valence-electron chi connectivity index (χ3n) is 4.40. The van der Waals surface area contributed by atoms with Crippen molar-refractivity contribution in [1.29, 1.82) is 0 Å². The molecule has 0 radical (unpaired) electrons. The first-order valence-electron chi connectivity index (χ1n) is 7.95. The molecule has 2 N–H and O–H groups in total. The minimum Gasteiger partial charge on any atom is -0.337 e. The summed E-state index contributed by atoms with van der Waals surface area (Å²) in [5.74, 6) is 1.08. The van der Waals surface area contributed by atoms with Gasteiger partial charge in [0.15, 0.2) is 0 Å². The van der Waals surface area contributed by atoms with Gasteiger partial charge in [0.05, 0.1) is 6.54 Å². The zero-order chi connectivity index (χ0) is 16.3. The third-order valence-corrected chi connectivity index (χ3v) is 4.40. The summed E-state index contributed by atoms with van der Waals surface area (Å²) in [5, 5.41) is 7.35. The van der Waals surface area contributed by atoms with Crippen LogP contribution in [0.25, 0.3) is 0 Å². The molecule has 1 rings (SSSR count). The average Bonchev–Trinajstić information content (AvgIpc) is 2.71. The van der Waals surface area contributed by atoms with E-state index in [9.17, 15) is 0 Å². The van der Waals surface area contributed by atoms with Gasteiger partial charge in [-0.15, -0.1) is 0 Å². The first-order chi connectivity index (χ1) is 9.51. The second-order valence-electron chi connectivity index (χ2n) is 8.25. The van der Waals surface area contributed by atoms with E-state index in [4.69, 9.17) is 0 Å². The molecule has 0 aliphatic heterocycles. The van der Waals surface area contributed by atoms with E-state index in [1.807, 2.05) is 19.4 Å². The lowest BCUT2D eigenvalue weighted by molar-refractivity contribution is 0.221. The Morgan fingerprint density at radius 2 is 1.71 bits per heavy atom. The van der Waals surface area contributed by atoms with Crippen molar-refractivity contribution >= 4 is 0 Å². The molecule has 0 aliphatic carbocycles. The van der Waals surface area contributed by atoms with Gasteiger partial charge in [-0.2, -0.15) is 0 Å². The maximum absolute atomic E-state index is 4.38. The highest BCUT2D eigenvalue weighted by molar-refractivity contribution is 4.93. The van der Waals surface area contributed by atoms with E-state index in [0.29, 0.717) is 12.1 Å². The molecule has 122 valence electrons. The van der Waals surface area contributed by atoms with Gasteiger partial charge in [-0.05, 0) is 17.8 Å². The molecule has 0 fully saturated rings. The number of rotatable bonds is 6. The van der Waals surface area contributed by atoms with Crippen molar-refractivity contribution < 1.29 is 0 Å². The van der Waals surface area contributed by atoms with Crippen LogP contribution in [0, 0.1) is 10.8 Å². The van der Waals surface area contributed by atoms with Gasteiger partial charge < -0.3 is 15.2 Å². The minimum absolute atomic E-state index is 0.204. The molecule has 21 heavy (non-hydrogen) atoms. The Kier molecular flexibility index (Phi) is 6.00. The van der Waals surface area contributed by atoms with E-state index in [1.165, 1.54) is 0 Å². The predicted octanol–water partition coefficient (Wildman–Crippen LogP) is 2.95. The Hall–Kier alpha value is -0.870. The molecule has 4 nitrogen and oxygen atoms in total. The van der Waals surface area contributed by atoms with Crippen LogP contribution in [0.4, 0.5) is 0 Å². The van der Waals surface area contributed by atoms with Crippen LogP contribution in [-0.2, 0) is 13.6 Å². The van der Waals surface area contributed by atoms with Crippen molar-refractivity contribution in [1.82, 2.24) is 20.2 Å². The first-order valence-corrected chi connectivity index (χ1v) is 7.95. The van der Waals surface area contributed by atoms with Crippen molar-refractivity contribution in [3.63, 3.8) is 0 Å². The lowest BCUT2D eigenvalue weighted by Gasteiger charge is -2.35. The Morgan fingerprint density at radius 1 is 1.10 bits per heavy atom. The molecule has 0 spiro atoms.